The van der Waals surface area contributed by atoms with E-state index in [1.807, 2.05) is 20.8 Å². The summed E-state index contributed by atoms with van der Waals surface area (Å²) in [6.45, 7) is 5.45. The first kappa shape index (κ1) is 12.8. The van der Waals surface area contributed by atoms with Gasteiger partial charge >= 0.3 is 0 Å². The molecule has 16 heavy (non-hydrogen) atoms. The first-order valence-corrected chi connectivity index (χ1v) is 5.28. The molecule has 1 rings (SSSR count). The fourth-order valence-corrected chi connectivity index (χ4v) is 1.36. The van der Waals surface area contributed by atoms with Gasteiger partial charge in [-0.1, -0.05) is 20.8 Å². The smallest absolute Gasteiger partial charge is 0.138 e. The van der Waals surface area contributed by atoms with Crippen LogP contribution in [0, 0.1) is 17.0 Å². The Morgan fingerprint density at radius 1 is 1.25 bits per heavy atom. The second-order valence-electron chi connectivity index (χ2n) is 4.91. The zero-order valence-corrected chi connectivity index (χ0v) is 9.81. The average Bonchev–Trinajstić information content (AvgIpc) is 2.17. The Hall–Kier alpha value is -1.25. The van der Waals surface area contributed by atoms with E-state index in [-0.39, 0.29) is 24.2 Å². The number of aryl methyl sites for hydroxylation is 1. The standard InChI is InChI=1S/C13H16F2O/c1-13(2,3)12(16)7-4-9-8-10(14)5-6-11(9)15/h5-6,8H,4,7H2,1-3H3. The van der Waals surface area contributed by atoms with Crippen molar-refractivity contribution in [2.24, 2.45) is 5.41 Å². The zero-order chi connectivity index (χ0) is 12.3. The zero-order valence-electron chi connectivity index (χ0n) is 9.81. The van der Waals surface area contributed by atoms with Crippen LogP contribution in [0.4, 0.5) is 8.78 Å². The Bertz CT molecular complexity index is 391. The first-order chi connectivity index (χ1) is 7.30. The molecule has 0 aliphatic heterocycles. The number of carbonyl (C=O) groups is 1. The molecule has 0 bridgehead atoms. The first-order valence-electron chi connectivity index (χ1n) is 5.28. The molecule has 0 fully saturated rings. The van der Waals surface area contributed by atoms with Crippen molar-refractivity contribution in [3.63, 3.8) is 0 Å². The molecule has 0 spiro atoms. The van der Waals surface area contributed by atoms with E-state index in [0.29, 0.717) is 0 Å². The second-order valence-corrected chi connectivity index (χ2v) is 4.91. The van der Waals surface area contributed by atoms with Crippen LogP contribution >= 0.6 is 0 Å². The van der Waals surface area contributed by atoms with E-state index in [9.17, 15) is 13.6 Å². The third-order valence-corrected chi connectivity index (χ3v) is 2.47. The lowest BCUT2D eigenvalue weighted by molar-refractivity contribution is -0.126. The van der Waals surface area contributed by atoms with Crippen LogP contribution in [-0.2, 0) is 11.2 Å². The van der Waals surface area contributed by atoms with Crippen molar-refractivity contribution in [3.8, 4) is 0 Å². The van der Waals surface area contributed by atoms with Crippen LogP contribution in [0.1, 0.15) is 32.8 Å². The van der Waals surface area contributed by atoms with Crippen molar-refractivity contribution in [2.75, 3.05) is 0 Å². The van der Waals surface area contributed by atoms with Crippen LogP contribution in [-0.4, -0.2) is 5.78 Å². The van der Waals surface area contributed by atoms with Gasteiger partial charge in [0.1, 0.15) is 17.4 Å². The molecule has 1 aromatic carbocycles. The highest BCUT2D eigenvalue weighted by Gasteiger charge is 2.20. The minimum Gasteiger partial charge on any atom is -0.299 e. The number of hydrogen-bond acceptors (Lipinski definition) is 1. The molecule has 0 amide bonds. The van der Waals surface area contributed by atoms with Crippen LogP contribution in [0.25, 0.3) is 0 Å². The number of benzene rings is 1. The normalized spacial score (nSPS) is 11.6. The van der Waals surface area contributed by atoms with Gasteiger partial charge in [-0.25, -0.2) is 8.78 Å². The third kappa shape index (κ3) is 3.40. The van der Waals surface area contributed by atoms with Gasteiger partial charge in [-0.3, -0.25) is 4.79 Å². The Morgan fingerprint density at radius 3 is 2.44 bits per heavy atom. The minimum atomic E-state index is -0.473. The number of halogens is 2. The van der Waals surface area contributed by atoms with Crippen LogP contribution in [0.15, 0.2) is 18.2 Å². The lowest BCUT2D eigenvalue weighted by Gasteiger charge is -2.16. The minimum absolute atomic E-state index is 0.0520. The monoisotopic (exact) mass is 226 g/mol. The number of Topliss-reactive ketones (excluding diaryl/α,β-unsaturated/α-hetero) is 1. The van der Waals surface area contributed by atoms with E-state index in [4.69, 9.17) is 0 Å². The molecule has 0 radical (unpaired) electrons. The lowest BCUT2D eigenvalue weighted by Crippen LogP contribution is -2.20. The Labute approximate surface area is 94.5 Å². The van der Waals surface area contributed by atoms with Crippen LogP contribution in [0.3, 0.4) is 0 Å². The van der Waals surface area contributed by atoms with Crippen molar-refractivity contribution < 1.29 is 13.6 Å². The number of rotatable bonds is 3. The van der Waals surface area contributed by atoms with Gasteiger partial charge < -0.3 is 0 Å². The van der Waals surface area contributed by atoms with E-state index in [1.165, 1.54) is 0 Å². The molecule has 0 heterocycles. The summed E-state index contributed by atoms with van der Waals surface area (Å²) in [5.41, 5.74) is -0.165. The molecule has 0 atom stereocenters. The number of carbonyl (C=O) groups excluding carboxylic acids is 1. The van der Waals surface area contributed by atoms with Crippen molar-refractivity contribution in [1.82, 2.24) is 0 Å². The Kier molecular flexibility index (Phi) is 3.79. The van der Waals surface area contributed by atoms with Crippen molar-refractivity contribution in [3.05, 3.63) is 35.4 Å². The maximum Gasteiger partial charge on any atom is 0.138 e. The van der Waals surface area contributed by atoms with Gasteiger partial charge in [-0.05, 0) is 30.2 Å². The molecule has 0 aliphatic carbocycles. The largest absolute Gasteiger partial charge is 0.299 e. The quantitative estimate of drug-likeness (QED) is 0.770. The summed E-state index contributed by atoms with van der Waals surface area (Å²) in [6.07, 6.45) is 0.490. The summed E-state index contributed by atoms with van der Waals surface area (Å²) < 4.78 is 26.1. The number of hydrogen-bond donors (Lipinski definition) is 0. The summed E-state index contributed by atoms with van der Waals surface area (Å²) >= 11 is 0. The summed E-state index contributed by atoms with van der Waals surface area (Å²) in [6, 6.07) is 3.31. The molecule has 88 valence electrons. The molecule has 1 nitrogen and oxygen atoms in total. The highest BCUT2D eigenvalue weighted by molar-refractivity contribution is 5.83. The summed E-state index contributed by atoms with van der Waals surface area (Å²) in [7, 11) is 0. The predicted molar refractivity (Wildman–Crippen MR) is 59.1 cm³/mol. The second kappa shape index (κ2) is 4.73. The van der Waals surface area contributed by atoms with Crippen LogP contribution < -0.4 is 0 Å². The molecule has 0 aliphatic rings. The van der Waals surface area contributed by atoms with Crippen molar-refractivity contribution >= 4 is 5.78 Å². The maximum absolute atomic E-state index is 13.2. The van der Waals surface area contributed by atoms with Crippen molar-refractivity contribution in [1.29, 1.82) is 0 Å². The highest BCUT2D eigenvalue weighted by Crippen LogP contribution is 2.19. The van der Waals surface area contributed by atoms with Crippen LogP contribution in [0.5, 0.6) is 0 Å². The van der Waals surface area contributed by atoms with Gasteiger partial charge in [0.25, 0.3) is 0 Å². The molecule has 0 saturated heterocycles. The van der Waals surface area contributed by atoms with Gasteiger partial charge in [0.2, 0.25) is 0 Å². The molecule has 0 N–H and O–H groups in total. The molecule has 0 aromatic heterocycles. The van der Waals surface area contributed by atoms with E-state index >= 15 is 0 Å². The van der Waals surface area contributed by atoms with Gasteiger partial charge in [-0.2, -0.15) is 0 Å². The molecule has 3 heteroatoms. The van der Waals surface area contributed by atoms with Gasteiger partial charge in [0.15, 0.2) is 0 Å². The van der Waals surface area contributed by atoms with E-state index in [2.05, 4.69) is 0 Å². The molecular weight excluding hydrogens is 210 g/mol. The number of ketones is 1. The predicted octanol–water partition coefficient (Wildman–Crippen LogP) is 3.51. The summed E-state index contributed by atoms with van der Waals surface area (Å²) in [5, 5.41) is 0. The van der Waals surface area contributed by atoms with Gasteiger partial charge in [0, 0.05) is 11.8 Å². The van der Waals surface area contributed by atoms with E-state index in [0.717, 1.165) is 18.2 Å². The van der Waals surface area contributed by atoms with Gasteiger partial charge in [0.05, 0.1) is 0 Å². The Morgan fingerprint density at radius 2 is 1.88 bits per heavy atom. The topological polar surface area (TPSA) is 17.1 Å². The van der Waals surface area contributed by atoms with Gasteiger partial charge in [-0.15, -0.1) is 0 Å². The molecule has 0 saturated carbocycles. The van der Waals surface area contributed by atoms with Crippen molar-refractivity contribution in [2.45, 2.75) is 33.6 Å². The third-order valence-electron chi connectivity index (χ3n) is 2.47. The van der Waals surface area contributed by atoms with E-state index < -0.39 is 17.0 Å². The molecule has 1 aromatic rings. The lowest BCUT2D eigenvalue weighted by atomic mass is 9.87. The summed E-state index contributed by atoms with van der Waals surface area (Å²) in [4.78, 5) is 11.6. The van der Waals surface area contributed by atoms with Crippen LogP contribution in [0.2, 0.25) is 0 Å². The fourth-order valence-electron chi connectivity index (χ4n) is 1.36. The Balaban J connectivity index is 2.68. The van der Waals surface area contributed by atoms with E-state index in [1.54, 1.807) is 0 Å². The summed E-state index contributed by atoms with van der Waals surface area (Å²) in [5.74, 6) is -0.876. The highest BCUT2D eigenvalue weighted by atomic mass is 19.1. The maximum atomic E-state index is 13.2. The average molecular weight is 226 g/mol. The fraction of sp³-hybridized carbons (Fsp3) is 0.462. The molecule has 0 unspecified atom stereocenters. The SMILES string of the molecule is CC(C)(C)C(=O)CCc1cc(F)ccc1F. The molecular formula is C13H16F2O.